The maximum atomic E-state index is 13.1. The fourth-order valence-electron chi connectivity index (χ4n) is 3.66. The van der Waals surface area contributed by atoms with Gasteiger partial charge in [-0.15, -0.1) is 0 Å². The van der Waals surface area contributed by atoms with Crippen molar-refractivity contribution in [3.63, 3.8) is 0 Å². The molecule has 0 aromatic heterocycles. The van der Waals surface area contributed by atoms with Crippen LogP contribution in [0.3, 0.4) is 0 Å². The van der Waals surface area contributed by atoms with Crippen LogP contribution in [0.4, 0.5) is 11.4 Å². The summed E-state index contributed by atoms with van der Waals surface area (Å²) >= 11 is 0. The minimum atomic E-state index is -3.86. The number of ether oxygens (including phenoxy) is 2. The number of sulfonamides is 1. The number of nitrogens with one attached hydrogen (secondary N) is 1. The highest BCUT2D eigenvalue weighted by molar-refractivity contribution is 7.92. The second kappa shape index (κ2) is 8.95. The fourth-order valence-corrected chi connectivity index (χ4v) is 4.77. The second-order valence-corrected chi connectivity index (χ2v) is 8.77. The van der Waals surface area contributed by atoms with E-state index in [1.165, 1.54) is 6.07 Å². The molecular formula is C22H28N2O5S. The summed E-state index contributed by atoms with van der Waals surface area (Å²) in [7, 11) is -3.86. The number of benzene rings is 2. The Kier molecular flexibility index (Phi) is 6.55. The molecule has 0 saturated carbocycles. The van der Waals surface area contributed by atoms with Gasteiger partial charge in [-0.25, -0.2) is 8.42 Å². The van der Waals surface area contributed by atoms with E-state index in [9.17, 15) is 13.2 Å². The van der Waals surface area contributed by atoms with Gasteiger partial charge in [0.25, 0.3) is 10.0 Å². The molecule has 1 aliphatic rings. The Morgan fingerprint density at radius 3 is 2.50 bits per heavy atom. The largest absolute Gasteiger partial charge is 0.494 e. The van der Waals surface area contributed by atoms with E-state index in [0.717, 1.165) is 11.3 Å². The Balaban J connectivity index is 1.93. The van der Waals surface area contributed by atoms with Gasteiger partial charge < -0.3 is 14.4 Å². The van der Waals surface area contributed by atoms with E-state index in [-0.39, 0.29) is 16.8 Å². The molecule has 0 saturated heterocycles. The number of fused-ring (bicyclic) bond motifs is 1. The van der Waals surface area contributed by atoms with Crippen LogP contribution >= 0.6 is 0 Å². The highest BCUT2D eigenvalue weighted by atomic mass is 32.2. The molecule has 162 valence electrons. The number of anilines is 2. The Morgan fingerprint density at radius 2 is 1.83 bits per heavy atom. The van der Waals surface area contributed by atoms with Crippen molar-refractivity contribution in [2.24, 2.45) is 0 Å². The number of nitrogens with zero attached hydrogens (tertiary/aromatic N) is 1. The summed E-state index contributed by atoms with van der Waals surface area (Å²) in [6, 6.07) is 9.93. The summed E-state index contributed by atoms with van der Waals surface area (Å²) in [5, 5.41) is 0. The summed E-state index contributed by atoms with van der Waals surface area (Å²) in [5.74, 6) is 1.01. The zero-order chi connectivity index (χ0) is 21.9. The molecule has 2 aromatic rings. The Morgan fingerprint density at radius 1 is 1.10 bits per heavy atom. The zero-order valence-corrected chi connectivity index (χ0v) is 18.6. The normalized spacial score (nSPS) is 15.6. The van der Waals surface area contributed by atoms with Gasteiger partial charge in [0.2, 0.25) is 5.91 Å². The molecule has 0 spiro atoms. The van der Waals surface area contributed by atoms with Crippen molar-refractivity contribution >= 4 is 27.3 Å². The predicted octanol–water partition coefficient (Wildman–Crippen LogP) is 3.97. The topological polar surface area (TPSA) is 84.9 Å². The lowest BCUT2D eigenvalue weighted by Crippen LogP contribution is -2.35. The van der Waals surface area contributed by atoms with Gasteiger partial charge in [-0.05, 0) is 63.1 Å². The molecule has 1 atom stereocenters. The van der Waals surface area contributed by atoms with Crippen LogP contribution in [0.1, 0.15) is 39.7 Å². The quantitative estimate of drug-likeness (QED) is 0.682. The van der Waals surface area contributed by atoms with Crippen molar-refractivity contribution in [3.8, 4) is 11.5 Å². The van der Waals surface area contributed by atoms with Crippen LogP contribution < -0.4 is 19.1 Å². The van der Waals surface area contributed by atoms with Crippen molar-refractivity contribution in [3.05, 3.63) is 42.0 Å². The molecule has 2 aromatic carbocycles. The van der Waals surface area contributed by atoms with Gasteiger partial charge in [0.05, 0.1) is 23.8 Å². The first-order chi connectivity index (χ1) is 14.3. The third kappa shape index (κ3) is 4.38. The van der Waals surface area contributed by atoms with E-state index >= 15 is 0 Å². The van der Waals surface area contributed by atoms with E-state index in [1.807, 2.05) is 27.7 Å². The molecule has 0 bridgehead atoms. The standard InChI is InChI=1S/C22H28N2O5S/c1-5-22(25)24-15(4)12-16-13-18(9-10-20(16)24)30(26,27)23-19-14-17(28-6-2)8-11-21(19)29-7-3/h8-11,13-15,23H,5-7,12H2,1-4H3/t15-/m1/s1. The Labute approximate surface area is 178 Å². The molecule has 0 fully saturated rings. The predicted molar refractivity (Wildman–Crippen MR) is 117 cm³/mol. The molecule has 1 amide bonds. The molecule has 8 heteroatoms. The van der Waals surface area contributed by atoms with Crippen LogP contribution in [0.5, 0.6) is 11.5 Å². The van der Waals surface area contributed by atoms with E-state index in [0.29, 0.717) is 43.2 Å². The first-order valence-electron chi connectivity index (χ1n) is 10.2. The van der Waals surface area contributed by atoms with E-state index in [4.69, 9.17) is 9.47 Å². The highest BCUT2D eigenvalue weighted by Gasteiger charge is 2.31. The summed E-state index contributed by atoms with van der Waals surface area (Å²) in [6.07, 6.45) is 1.02. The van der Waals surface area contributed by atoms with Gasteiger partial charge in [-0.1, -0.05) is 6.92 Å². The lowest BCUT2D eigenvalue weighted by molar-refractivity contribution is -0.118. The number of carbonyl (C=O) groups is 1. The molecular weight excluding hydrogens is 404 g/mol. The molecule has 1 heterocycles. The van der Waals surface area contributed by atoms with Crippen LogP contribution in [0, 0.1) is 0 Å². The molecule has 0 unspecified atom stereocenters. The average Bonchev–Trinajstić information content (AvgIpc) is 3.04. The maximum absolute atomic E-state index is 13.1. The van der Waals surface area contributed by atoms with Crippen LogP contribution in [0.2, 0.25) is 0 Å². The van der Waals surface area contributed by atoms with E-state index in [2.05, 4.69) is 4.72 Å². The minimum absolute atomic E-state index is 0.00537. The van der Waals surface area contributed by atoms with E-state index in [1.54, 1.807) is 35.2 Å². The Hall–Kier alpha value is -2.74. The van der Waals surface area contributed by atoms with Gasteiger partial charge in [-0.2, -0.15) is 0 Å². The first-order valence-corrected chi connectivity index (χ1v) is 11.7. The minimum Gasteiger partial charge on any atom is -0.494 e. The fraction of sp³-hybridized carbons (Fsp3) is 0.409. The SMILES string of the molecule is CCOc1ccc(OCC)c(NS(=O)(=O)c2ccc3c(c2)C[C@@H](C)N3C(=O)CC)c1. The third-order valence-corrected chi connectivity index (χ3v) is 6.32. The van der Waals surface area contributed by atoms with Crippen LogP contribution in [0.15, 0.2) is 41.3 Å². The summed E-state index contributed by atoms with van der Waals surface area (Å²) in [4.78, 5) is 14.2. The van der Waals surface area contributed by atoms with Crippen molar-refractivity contribution in [2.45, 2.75) is 51.5 Å². The molecule has 1 N–H and O–H groups in total. The van der Waals surface area contributed by atoms with E-state index < -0.39 is 10.0 Å². The number of amides is 1. The average molecular weight is 433 g/mol. The van der Waals surface area contributed by atoms with Gasteiger partial charge in [-0.3, -0.25) is 9.52 Å². The molecule has 7 nitrogen and oxygen atoms in total. The smallest absolute Gasteiger partial charge is 0.262 e. The third-order valence-electron chi connectivity index (χ3n) is 4.95. The van der Waals surface area contributed by atoms with Crippen molar-refractivity contribution in [2.75, 3.05) is 22.8 Å². The zero-order valence-electron chi connectivity index (χ0n) is 17.8. The maximum Gasteiger partial charge on any atom is 0.262 e. The Bertz CT molecular complexity index is 1040. The number of rotatable bonds is 8. The van der Waals surface area contributed by atoms with Crippen LogP contribution in [-0.4, -0.2) is 33.6 Å². The van der Waals surface area contributed by atoms with Crippen LogP contribution in [-0.2, 0) is 21.2 Å². The molecule has 3 rings (SSSR count). The monoisotopic (exact) mass is 432 g/mol. The molecule has 0 radical (unpaired) electrons. The molecule has 30 heavy (non-hydrogen) atoms. The summed E-state index contributed by atoms with van der Waals surface area (Å²) < 4.78 is 39.9. The van der Waals surface area contributed by atoms with Crippen molar-refractivity contribution < 1.29 is 22.7 Å². The lowest BCUT2D eigenvalue weighted by atomic mass is 10.1. The van der Waals surface area contributed by atoms with Gasteiger partial charge in [0, 0.05) is 24.2 Å². The van der Waals surface area contributed by atoms with Gasteiger partial charge >= 0.3 is 0 Å². The number of hydrogen-bond acceptors (Lipinski definition) is 5. The molecule has 1 aliphatic heterocycles. The highest BCUT2D eigenvalue weighted by Crippen LogP contribution is 2.36. The lowest BCUT2D eigenvalue weighted by Gasteiger charge is -2.22. The number of carbonyl (C=O) groups excluding carboxylic acids is 1. The van der Waals surface area contributed by atoms with Gasteiger partial charge in [0.1, 0.15) is 11.5 Å². The van der Waals surface area contributed by atoms with Crippen LogP contribution in [0.25, 0.3) is 0 Å². The summed E-state index contributed by atoms with van der Waals surface area (Å²) in [5.41, 5.74) is 1.95. The van der Waals surface area contributed by atoms with Crippen molar-refractivity contribution in [1.82, 2.24) is 0 Å². The molecule has 0 aliphatic carbocycles. The number of hydrogen-bond donors (Lipinski definition) is 1. The van der Waals surface area contributed by atoms with Gasteiger partial charge in [0.15, 0.2) is 0 Å². The summed E-state index contributed by atoms with van der Waals surface area (Å²) in [6.45, 7) is 8.35. The van der Waals surface area contributed by atoms with Crippen molar-refractivity contribution in [1.29, 1.82) is 0 Å². The second-order valence-electron chi connectivity index (χ2n) is 7.09. The first kappa shape index (κ1) is 22.0.